The van der Waals surface area contributed by atoms with Crippen molar-refractivity contribution in [3.05, 3.63) is 17.8 Å². The van der Waals surface area contributed by atoms with Gasteiger partial charge in [-0.05, 0) is 30.9 Å². The fraction of sp³-hybridized carbons (Fsp3) is 0.643. The second-order valence-electron chi connectivity index (χ2n) is 5.17. The maximum atomic E-state index is 11.4. The Hall–Kier alpha value is -1.65. The number of nitrogens with zero attached hydrogens (tertiary/aromatic N) is 2. The molecule has 104 valence electrons. The highest BCUT2D eigenvalue weighted by Gasteiger charge is 2.20. The summed E-state index contributed by atoms with van der Waals surface area (Å²) in [6.07, 6.45) is 6.26. The van der Waals surface area contributed by atoms with Crippen molar-refractivity contribution < 1.29 is 4.79 Å². The Morgan fingerprint density at radius 1 is 1.37 bits per heavy atom. The molecular formula is C14H22N4O. The van der Waals surface area contributed by atoms with Crippen LogP contribution in [0.25, 0.3) is 0 Å². The van der Waals surface area contributed by atoms with Gasteiger partial charge in [0.1, 0.15) is 5.82 Å². The molecule has 1 heterocycles. The molecule has 2 rings (SSSR count). The Morgan fingerprint density at radius 3 is 2.84 bits per heavy atom. The van der Waals surface area contributed by atoms with Crippen LogP contribution < -0.4 is 10.6 Å². The van der Waals surface area contributed by atoms with Crippen LogP contribution in [0.2, 0.25) is 0 Å². The highest BCUT2D eigenvalue weighted by molar-refractivity contribution is 5.91. The quantitative estimate of drug-likeness (QED) is 0.873. The molecule has 2 unspecified atom stereocenters. The zero-order chi connectivity index (χ0) is 13.7. The highest BCUT2D eigenvalue weighted by atomic mass is 16.1. The van der Waals surface area contributed by atoms with Gasteiger partial charge in [-0.15, -0.1) is 10.2 Å². The minimum absolute atomic E-state index is 0.206. The Balaban J connectivity index is 1.94. The third kappa shape index (κ3) is 3.66. The Kier molecular flexibility index (Phi) is 4.71. The Labute approximate surface area is 114 Å². The van der Waals surface area contributed by atoms with Crippen molar-refractivity contribution in [3.8, 4) is 0 Å². The van der Waals surface area contributed by atoms with Gasteiger partial charge in [0.05, 0.1) is 0 Å². The van der Waals surface area contributed by atoms with Gasteiger partial charge < -0.3 is 10.6 Å². The lowest BCUT2D eigenvalue weighted by molar-refractivity contribution is 0.0957. The van der Waals surface area contributed by atoms with E-state index < -0.39 is 0 Å². The fourth-order valence-corrected chi connectivity index (χ4v) is 2.66. The van der Waals surface area contributed by atoms with Crippen LogP contribution in [0.3, 0.4) is 0 Å². The average Bonchev–Trinajstić information content (AvgIpc) is 2.47. The van der Waals surface area contributed by atoms with Crippen LogP contribution in [-0.2, 0) is 0 Å². The van der Waals surface area contributed by atoms with E-state index in [2.05, 4.69) is 27.8 Å². The molecule has 1 amide bonds. The third-order valence-electron chi connectivity index (χ3n) is 3.84. The first-order valence-corrected chi connectivity index (χ1v) is 7.05. The monoisotopic (exact) mass is 262 g/mol. The summed E-state index contributed by atoms with van der Waals surface area (Å²) < 4.78 is 0. The maximum Gasteiger partial charge on any atom is 0.271 e. The lowest BCUT2D eigenvalue weighted by atomic mass is 9.84. The van der Waals surface area contributed by atoms with Crippen molar-refractivity contribution in [1.29, 1.82) is 0 Å². The van der Waals surface area contributed by atoms with Crippen LogP contribution in [0.5, 0.6) is 0 Å². The van der Waals surface area contributed by atoms with Gasteiger partial charge in [0.2, 0.25) is 0 Å². The van der Waals surface area contributed by atoms with E-state index in [1.165, 1.54) is 32.1 Å². The van der Waals surface area contributed by atoms with Crippen molar-refractivity contribution in [1.82, 2.24) is 15.5 Å². The van der Waals surface area contributed by atoms with E-state index in [4.69, 9.17) is 0 Å². The van der Waals surface area contributed by atoms with Crippen LogP contribution in [0, 0.1) is 5.92 Å². The summed E-state index contributed by atoms with van der Waals surface area (Å²) in [5, 5.41) is 14.0. The molecule has 5 heteroatoms. The molecule has 1 fully saturated rings. The molecule has 1 saturated carbocycles. The van der Waals surface area contributed by atoms with Crippen molar-refractivity contribution >= 4 is 11.7 Å². The van der Waals surface area contributed by atoms with E-state index >= 15 is 0 Å². The Bertz CT molecular complexity index is 418. The number of aromatic nitrogens is 2. The highest BCUT2D eigenvalue weighted by Crippen LogP contribution is 2.28. The number of hydrogen-bond acceptors (Lipinski definition) is 4. The largest absolute Gasteiger partial charge is 0.366 e. The summed E-state index contributed by atoms with van der Waals surface area (Å²) >= 11 is 0. The van der Waals surface area contributed by atoms with E-state index in [0.29, 0.717) is 11.7 Å². The molecular weight excluding hydrogens is 240 g/mol. The van der Waals surface area contributed by atoms with Gasteiger partial charge in [0.15, 0.2) is 5.69 Å². The molecule has 0 aliphatic heterocycles. The van der Waals surface area contributed by atoms with Gasteiger partial charge in [-0.2, -0.15) is 0 Å². The lowest BCUT2D eigenvalue weighted by Gasteiger charge is -2.29. The Morgan fingerprint density at radius 2 is 2.21 bits per heavy atom. The number of carbonyl (C=O) groups excluding carboxylic acids is 1. The van der Waals surface area contributed by atoms with Gasteiger partial charge in [-0.25, -0.2) is 0 Å². The second kappa shape index (κ2) is 6.50. The molecule has 1 aliphatic rings. The summed E-state index contributed by atoms with van der Waals surface area (Å²) in [6, 6.07) is 4.01. The number of amides is 1. The summed E-state index contributed by atoms with van der Waals surface area (Å²) in [6.45, 7) is 2.25. The zero-order valence-electron chi connectivity index (χ0n) is 11.6. The molecule has 0 spiro atoms. The number of anilines is 1. The molecule has 5 nitrogen and oxygen atoms in total. The van der Waals surface area contributed by atoms with Gasteiger partial charge in [0.25, 0.3) is 5.91 Å². The molecule has 0 aromatic carbocycles. The molecule has 2 N–H and O–H groups in total. The van der Waals surface area contributed by atoms with Crippen molar-refractivity contribution in [2.75, 3.05) is 12.4 Å². The number of carbonyl (C=O) groups is 1. The van der Waals surface area contributed by atoms with E-state index in [1.807, 2.05) is 6.07 Å². The second-order valence-corrected chi connectivity index (χ2v) is 5.17. The topological polar surface area (TPSA) is 66.9 Å². The SMILES string of the molecule is CCC1CCCC(Nc2ccc(C(=O)NC)nn2)C1. The van der Waals surface area contributed by atoms with Crippen molar-refractivity contribution in [2.24, 2.45) is 5.92 Å². The normalized spacial score (nSPS) is 22.8. The molecule has 0 bridgehead atoms. The molecule has 0 saturated heterocycles. The van der Waals surface area contributed by atoms with Gasteiger partial charge in [-0.1, -0.05) is 26.2 Å². The first-order valence-electron chi connectivity index (χ1n) is 7.05. The predicted molar refractivity (Wildman–Crippen MR) is 75.1 cm³/mol. The zero-order valence-corrected chi connectivity index (χ0v) is 11.6. The van der Waals surface area contributed by atoms with Crippen LogP contribution in [0.4, 0.5) is 5.82 Å². The fourth-order valence-electron chi connectivity index (χ4n) is 2.66. The first kappa shape index (κ1) is 13.8. The van der Waals surface area contributed by atoms with Gasteiger partial charge >= 0.3 is 0 Å². The van der Waals surface area contributed by atoms with E-state index in [9.17, 15) is 4.79 Å². The first-order chi connectivity index (χ1) is 9.22. The van der Waals surface area contributed by atoms with Crippen LogP contribution in [0.1, 0.15) is 49.5 Å². The third-order valence-corrected chi connectivity index (χ3v) is 3.84. The standard InChI is InChI=1S/C14H22N4O/c1-3-10-5-4-6-11(9-10)16-13-8-7-12(17-18-13)14(19)15-2/h7-8,10-11H,3-6,9H2,1-2H3,(H,15,19)(H,16,18). The van der Waals surface area contributed by atoms with Crippen LogP contribution in [-0.4, -0.2) is 29.2 Å². The summed E-state index contributed by atoms with van der Waals surface area (Å²) in [5.41, 5.74) is 0.350. The number of nitrogens with one attached hydrogen (secondary N) is 2. The van der Waals surface area contributed by atoms with E-state index in [-0.39, 0.29) is 5.91 Å². The molecule has 1 aromatic rings. The van der Waals surface area contributed by atoms with Crippen LogP contribution >= 0.6 is 0 Å². The summed E-state index contributed by atoms with van der Waals surface area (Å²) in [7, 11) is 1.59. The van der Waals surface area contributed by atoms with Crippen molar-refractivity contribution in [3.63, 3.8) is 0 Å². The van der Waals surface area contributed by atoms with Gasteiger partial charge in [-0.3, -0.25) is 4.79 Å². The molecule has 19 heavy (non-hydrogen) atoms. The van der Waals surface area contributed by atoms with E-state index in [0.717, 1.165) is 11.7 Å². The number of rotatable bonds is 4. The van der Waals surface area contributed by atoms with Gasteiger partial charge in [0, 0.05) is 13.1 Å². The molecule has 0 radical (unpaired) electrons. The lowest BCUT2D eigenvalue weighted by Crippen LogP contribution is -2.27. The summed E-state index contributed by atoms with van der Waals surface area (Å²) in [4.78, 5) is 11.4. The molecule has 1 aromatic heterocycles. The minimum atomic E-state index is -0.206. The van der Waals surface area contributed by atoms with Crippen LogP contribution in [0.15, 0.2) is 12.1 Å². The van der Waals surface area contributed by atoms with E-state index in [1.54, 1.807) is 13.1 Å². The molecule has 1 aliphatic carbocycles. The number of hydrogen-bond donors (Lipinski definition) is 2. The average molecular weight is 262 g/mol. The van der Waals surface area contributed by atoms with Crippen molar-refractivity contribution in [2.45, 2.75) is 45.1 Å². The smallest absolute Gasteiger partial charge is 0.271 e. The summed E-state index contributed by atoms with van der Waals surface area (Å²) in [5.74, 6) is 1.38. The minimum Gasteiger partial charge on any atom is -0.366 e. The molecule has 2 atom stereocenters. The maximum absolute atomic E-state index is 11.4. The predicted octanol–water partition coefficient (Wildman–Crippen LogP) is 2.22.